The summed E-state index contributed by atoms with van der Waals surface area (Å²) in [5.74, 6) is 1.64. The summed E-state index contributed by atoms with van der Waals surface area (Å²) in [6, 6.07) is 4.30. The van der Waals surface area contributed by atoms with Crippen LogP contribution in [0.15, 0.2) is 17.1 Å². The van der Waals surface area contributed by atoms with Crippen molar-refractivity contribution in [3.05, 3.63) is 21.9 Å². The minimum atomic E-state index is 0.150. The molecule has 23 heavy (non-hydrogen) atoms. The molecule has 0 bridgehead atoms. The van der Waals surface area contributed by atoms with Gasteiger partial charge in [0.15, 0.2) is 5.96 Å². The van der Waals surface area contributed by atoms with Gasteiger partial charge < -0.3 is 15.5 Å². The number of aryl methyl sites for hydroxylation is 1. The summed E-state index contributed by atoms with van der Waals surface area (Å²) >= 11 is 1.81. The average molecular weight is 337 g/mol. The van der Waals surface area contributed by atoms with Crippen LogP contribution in [0.25, 0.3) is 0 Å². The Bertz CT molecular complexity index is 532. The highest BCUT2D eigenvalue weighted by Crippen LogP contribution is 2.21. The van der Waals surface area contributed by atoms with Gasteiger partial charge in [0.05, 0.1) is 6.54 Å². The van der Waals surface area contributed by atoms with Crippen LogP contribution in [0, 0.1) is 12.8 Å². The van der Waals surface area contributed by atoms with Crippen LogP contribution < -0.4 is 10.6 Å². The van der Waals surface area contributed by atoms with Gasteiger partial charge in [0.25, 0.3) is 0 Å². The molecule has 2 heterocycles. The van der Waals surface area contributed by atoms with Crippen LogP contribution in [0.2, 0.25) is 0 Å². The van der Waals surface area contributed by atoms with Gasteiger partial charge in [0, 0.05) is 42.9 Å². The molecule has 1 aromatic heterocycles. The van der Waals surface area contributed by atoms with Crippen LogP contribution in [0.4, 0.5) is 0 Å². The maximum atomic E-state index is 11.5. The number of aliphatic imine (C=N–C) groups is 1. The lowest BCUT2D eigenvalue weighted by Crippen LogP contribution is -2.46. The third-order valence-electron chi connectivity index (χ3n) is 4.18. The highest BCUT2D eigenvalue weighted by atomic mass is 32.1. The molecular weight excluding hydrogens is 308 g/mol. The van der Waals surface area contributed by atoms with Crippen molar-refractivity contribution in [2.24, 2.45) is 10.9 Å². The number of amides is 1. The van der Waals surface area contributed by atoms with Crippen LogP contribution in [-0.2, 0) is 11.3 Å². The molecule has 1 aliphatic heterocycles. The SMILES string of the molecule is CCNC(=NCc1ccc(C)s1)N1CCC(CC(=O)NC)CC1. The first-order valence-electron chi connectivity index (χ1n) is 8.41. The molecule has 0 unspecified atom stereocenters. The summed E-state index contributed by atoms with van der Waals surface area (Å²) in [5.41, 5.74) is 0. The molecule has 0 aliphatic carbocycles. The van der Waals surface area contributed by atoms with Crippen molar-refractivity contribution in [1.82, 2.24) is 15.5 Å². The minimum absolute atomic E-state index is 0.150. The number of carbonyl (C=O) groups is 1. The van der Waals surface area contributed by atoms with Crippen molar-refractivity contribution in [3.63, 3.8) is 0 Å². The van der Waals surface area contributed by atoms with Gasteiger partial charge in [-0.25, -0.2) is 4.99 Å². The largest absolute Gasteiger partial charge is 0.359 e. The zero-order chi connectivity index (χ0) is 16.7. The van der Waals surface area contributed by atoms with Gasteiger partial charge in [-0.3, -0.25) is 4.79 Å². The Kier molecular flexibility index (Phi) is 6.89. The lowest BCUT2D eigenvalue weighted by atomic mass is 9.93. The van der Waals surface area contributed by atoms with Crippen LogP contribution in [-0.4, -0.2) is 43.4 Å². The first-order valence-corrected chi connectivity index (χ1v) is 9.23. The standard InChI is InChI=1S/C17H28N4OS/c1-4-19-17(20-12-15-6-5-13(2)23-15)21-9-7-14(8-10-21)11-16(22)18-3/h5-6,14H,4,7-12H2,1-3H3,(H,18,22)(H,19,20). The van der Waals surface area contributed by atoms with Gasteiger partial charge in [0.1, 0.15) is 0 Å². The Morgan fingerprint density at radius 3 is 2.70 bits per heavy atom. The zero-order valence-electron chi connectivity index (χ0n) is 14.4. The summed E-state index contributed by atoms with van der Waals surface area (Å²) in [5, 5.41) is 6.12. The molecule has 0 radical (unpaired) electrons. The first kappa shape index (κ1) is 17.8. The quantitative estimate of drug-likeness (QED) is 0.641. The van der Waals surface area contributed by atoms with E-state index in [1.807, 2.05) is 0 Å². The van der Waals surface area contributed by atoms with Gasteiger partial charge in [-0.05, 0) is 44.7 Å². The monoisotopic (exact) mass is 336 g/mol. The zero-order valence-corrected chi connectivity index (χ0v) is 15.2. The van der Waals surface area contributed by atoms with E-state index in [2.05, 4.69) is 41.5 Å². The lowest BCUT2D eigenvalue weighted by molar-refractivity contribution is -0.121. The van der Waals surface area contributed by atoms with Gasteiger partial charge >= 0.3 is 0 Å². The maximum absolute atomic E-state index is 11.5. The fraction of sp³-hybridized carbons (Fsp3) is 0.647. The smallest absolute Gasteiger partial charge is 0.220 e. The number of nitrogens with zero attached hydrogens (tertiary/aromatic N) is 2. The van der Waals surface area contributed by atoms with E-state index >= 15 is 0 Å². The third kappa shape index (κ3) is 5.53. The highest BCUT2D eigenvalue weighted by molar-refractivity contribution is 7.11. The Balaban J connectivity index is 1.90. The van der Waals surface area contributed by atoms with Crippen LogP contribution in [0.5, 0.6) is 0 Å². The van der Waals surface area contributed by atoms with E-state index in [9.17, 15) is 4.79 Å². The van der Waals surface area contributed by atoms with E-state index in [1.54, 1.807) is 18.4 Å². The van der Waals surface area contributed by atoms with Gasteiger partial charge in [-0.1, -0.05) is 0 Å². The number of likely N-dealkylation sites (tertiary alicyclic amines) is 1. The second-order valence-electron chi connectivity index (χ2n) is 5.99. The van der Waals surface area contributed by atoms with Crippen molar-refractivity contribution < 1.29 is 4.79 Å². The fourth-order valence-corrected chi connectivity index (χ4v) is 3.68. The Labute approximate surface area is 143 Å². The minimum Gasteiger partial charge on any atom is -0.359 e. The molecule has 2 rings (SSSR count). The van der Waals surface area contributed by atoms with E-state index in [1.165, 1.54) is 9.75 Å². The third-order valence-corrected chi connectivity index (χ3v) is 5.17. The summed E-state index contributed by atoms with van der Waals surface area (Å²) in [4.78, 5) is 21.2. The molecule has 0 saturated carbocycles. The number of carbonyl (C=O) groups excluding carboxylic acids is 1. The van der Waals surface area contributed by atoms with E-state index in [4.69, 9.17) is 4.99 Å². The second-order valence-corrected chi connectivity index (χ2v) is 7.36. The lowest BCUT2D eigenvalue weighted by Gasteiger charge is -2.34. The number of piperidine rings is 1. The predicted octanol–water partition coefficient (Wildman–Crippen LogP) is 2.37. The molecule has 1 aliphatic rings. The van der Waals surface area contributed by atoms with Crippen molar-refractivity contribution in [3.8, 4) is 0 Å². The summed E-state index contributed by atoms with van der Waals surface area (Å²) in [6.45, 7) is 7.77. The van der Waals surface area contributed by atoms with Gasteiger partial charge in [-0.2, -0.15) is 0 Å². The van der Waals surface area contributed by atoms with Crippen molar-refractivity contribution in [1.29, 1.82) is 0 Å². The molecule has 6 heteroatoms. The number of rotatable bonds is 5. The molecule has 0 spiro atoms. The van der Waals surface area contributed by atoms with Crippen molar-refractivity contribution >= 4 is 23.2 Å². The van der Waals surface area contributed by atoms with Gasteiger partial charge in [-0.15, -0.1) is 11.3 Å². The molecule has 0 aromatic carbocycles. The van der Waals surface area contributed by atoms with E-state index in [-0.39, 0.29) is 5.91 Å². The molecule has 5 nitrogen and oxygen atoms in total. The van der Waals surface area contributed by atoms with Gasteiger partial charge in [0.2, 0.25) is 5.91 Å². The summed E-state index contributed by atoms with van der Waals surface area (Å²) < 4.78 is 0. The molecule has 1 saturated heterocycles. The number of nitrogens with one attached hydrogen (secondary N) is 2. The molecule has 1 amide bonds. The fourth-order valence-electron chi connectivity index (χ4n) is 2.86. The topological polar surface area (TPSA) is 56.7 Å². The van der Waals surface area contributed by atoms with Crippen molar-refractivity contribution in [2.45, 2.75) is 39.7 Å². The Hall–Kier alpha value is -1.56. The Morgan fingerprint density at radius 2 is 2.13 bits per heavy atom. The normalized spacial score (nSPS) is 16.5. The number of guanidine groups is 1. The average Bonchev–Trinajstić information content (AvgIpc) is 2.97. The number of hydrogen-bond donors (Lipinski definition) is 2. The van der Waals surface area contributed by atoms with Crippen LogP contribution in [0.1, 0.15) is 35.9 Å². The van der Waals surface area contributed by atoms with E-state index in [0.717, 1.165) is 45.0 Å². The molecule has 128 valence electrons. The molecule has 2 N–H and O–H groups in total. The molecule has 1 fully saturated rings. The Morgan fingerprint density at radius 1 is 1.39 bits per heavy atom. The predicted molar refractivity (Wildman–Crippen MR) is 96.9 cm³/mol. The van der Waals surface area contributed by atoms with Crippen LogP contribution >= 0.6 is 11.3 Å². The van der Waals surface area contributed by atoms with Crippen molar-refractivity contribution in [2.75, 3.05) is 26.7 Å². The number of hydrogen-bond acceptors (Lipinski definition) is 3. The van der Waals surface area contributed by atoms with Crippen LogP contribution in [0.3, 0.4) is 0 Å². The molecule has 1 aromatic rings. The highest BCUT2D eigenvalue weighted by Gasteiger charge is 2.23. The molecular formula is C17H28N4OS. The summed E-state index contributed by atoms with van der Waals surface area (Å²) in [6.07, 6.45) is 2.75. The first-order chi connectivity index (χ1) is 11.1. The number of thiophene rings is 1. The second kappa shape index (κ2) is 8.91. The maximum Gasteiger partial charge on any atom is 0.220 e. The van der Waals surface area contributed by atoms with E-state index < -0.39 is 0 Å². The molecule has 0 atom stereocenters. The van der Waals surface area contributed by atoms with E-state index in [0.29, 0.717) is 12.3 Å². The summed E-state index contributed by atoms with van der Waals surface area (Å²) in [7, 11) is 1.71.